The van der Waals surface area contributed by atoms with Crippen molar-refractivity contribution in [3.63, 3.8) is 0 Å². The molecule has 11 heteroatoms. The standard InChI is InChI=1S/C17H19I3N2O6/c1-4-22(9(24)6-5-7-10(25)26)16-13(19)11(17(27)28)12(18)15(14(16)20)21(3)8(2)23/h4-7H2,1-3H3,(H,25,26)(H,27,28). The molecule has 1 aromatic rings. The van der Waals surface area contributed by atoms with Gasteiger partial charge in [-0.25, -0.2) is 4.79 Å². The van der Waals surface area contributed by atoms with Crippen molar-refractivity contribution in [2.75, 3.05) is 23.4 Å². The maximum atomic E-state index is 12.7. The van der Waals surface area contributed by atoms with Crippen LogP contribution in [0.1, 0.15) is 43.5 Å². The van der Waals surface area contributed by atoms with E-state index in [9.17, 15) is 24.3 Å². The smallest absolute Gasteiger partial charge is 0.338 e. The van der Waals surface area contributed by atoms with Crippen LogP contribution in [0.3, 0.4) is 0 Å². The van der Waals surface area contributed by atoms with Gasteiger partial charge in [-0.1, -0.05) is 0 Å². The van der Waals surface area contributed by atoms with Crippen molar-refractivity contribution in [2.45, 2.75) is 33.1 Å². The lowest BCUT2D eigenvalue weighted by molar-refractivity contribution is -0.137. The number of carbonyl (C=O) groups is 4. The molecule has 0 heterocycles. The first kappa shape index (κ1) is 25.3. The van der Waals surface area contributed by atoms with Crippen LogP contribution in [0.4, 0.5) is 11.4 Å². The molecule has 0 aromatic heterocycles. The Bertz CT molecular complexity index is 828. The van der Waals surface area contributed by atoms with Crippen LogP contribution < -0.4 is 9.80 Å². The Labute approximate surface area is 203 Å². The van der Waals surface area contributed by atoms with E-state index in [2.05, 4.69) is 0 Å². The first-order valence-electron chi connectivity index (χ1n) is 8.15. The number of aliphatic carboxylic acids is 1. The highest BCUT2D eigenvalue weighted by atomic mass is 127. The van der Waals surface area contributed by atoms with Gasteiger partial charge in [-0.15, -0.1) is 0 Å². The Kier molecular flexibility index (Phi) is 9.85. The summed E-state index contributed by atoms with van der Waals surface area (Å²) < 4.78 is 1.39. The minimum Gasteiger partial charge on any atom is -0.481 e. The number of carbonyl (C=O) groups excluding carboxylic acids is 2. The van der Waals surface area contributed by atoms with E-state index in [1.54, 1.807) is 14.0 Å². The number of hydrogen-bond acceptors (Lipinski definition) is 4. The molecule has 0 unspecified atom stereocenters. The molecule has 28 heavy (non-hydrogen) atoms. The fraction of sp³-hybridized carbons (Fsp3) is 0.412. The molecule has 1 rings (SSSR count). The van der Waals surface area contributed by atoms with Gasteiger partial charge in [-0.05, 0) is 81.1 Å². The first-order chi connectivity index (χ1) is 12.9. The Morgan fingerprint density at radius 1 is 0.929 bits per heavy atom. The predicted octanol–water partition coefficient (Wildman–Crippen LogP) is 3.79. The number of halogens is 3. The van der Waals surface area contributed by atoms with Gasteiger partial charge >= 0.3 is 11.9 Å². The molecule has 0 bridgehead atoms. The number of carboxylic acids is 2. The monoisotopic (exact) mass is 728 g/mol. The van der Waals surface area contributed by atoms with Crippen molar-refractivity contribution in [1.29, 1.82) is 0 Å². The van der Waals surface area contributed by atoms with E-state index < -0.39 is 11.9 Å². The Morgan fingerprint density at radius 3 is 1.89 bits per heavy atom. The number of carboxylic acid groups (broad SMARTS) is 2. The van der Waals surface area contributed by atoms with Gasteiger partial charge in [0.05, 0.1) is 27.6 Å². The van der Waals surface area contributed by atoms with Gasteiger partial charge in [0.15, 0.2) is 0 Å². The molecule has 0 atom stereocenters. The van der Waals surface area contributed by atoms with E-state index >= 15 is 0 Å². The van der Waals surface area contributed by atoms with Gasteiger partial charge in [0, 0.05) is 33.4 Å². The number of nitrogens with zero attached hydrogens (tertiary/aromatic N) is 2. The highest BCUT2D eigenvalue weighted by Gasteiger charge is 2.31. The highest BCUT2D eigenvalue weighted by Crippen LogP contribution is 2.42. The van der Waals surface area contributed by atoms with Crippen molar-refractivity contribution >= 4 is 103 Å². The summed E-state index contributed by atoms with van der Waals surface area (Å²) in [6.07, 6.45) is 0.0929. The molecule has 0 saturated carbocycles. The minimum absolute atomic E-state index is 0.0245. The van der Waals surface area contributed by atoms with Gasteiger partial charge in [-0.3, -0.25) is 14.4 Å². The van der Waals surface area contributed by atoms with Gasteiger partial charge < -0.3 is 20.0 Å². The lowest BCUT2D eigenvalue weighted by Crippen LogP contribution is -2.34. The third-order valence-electron chi connectivity index (χ3n) is 3.96. The molecule has 2 N–H and O–H groups in total. The molecule has 8 nitrogen and oxygen atoms in total. The molecule has 1 aromatic carbocycles. The van der Waals surface area contributed by atoms with Crippen LogP contribution in [-0.2, 0) is 14.4 Å². The summed E-state index contributed by atoms with van der Waals surface area (Å²) in [4.78, 5) is 50.1. The molecule has 0 aliphatic heterocycles. The summed E-state index contributed by atoms with van der Waals surface area (Å²) in [5, 5.41) is 18.5. The van der Waals surface area contributed by atoms with Crippen LogP contribution in [0.15, 0.2) is 0 Å². The predicted molar refractivity (Wildman–Crippen MR) is 130 cm³/mol. The highest BCUT2D eigenvalue weighted by molar-refractivity contribution is 14.1. The maximum Gasteiger partial charge on any atom is 0.338 e. The quantitative estimate of drug-likeness (QED) is 0.394. The van der Waals surface area contributed by atoms with Crippen molar-refractivity contribution in [1.82, 2.24) is 0 Å². The summed E-state index contributed by atoms with van der Waals surface area (Å²) in [5.41, 5.74) is 0.875. The lowest BCUT2D eigenvalue weighted by atomic mass is 10.1. The first-order valence-corrected chi connectivity index (χ1v) is 11.4. The van der Waals surface area contributed by atoms with Crippen LogP contribution in [0, 0.1) is 10.7 Å². The van der Waals surface area contributed by atoms with Gasteiger partial charge in [0.1, 0.15) is 0 Å². The van der Waals surface area contributed by atoms with Crippen molar-refractivity contribution < 1.29 is 29.4 Å². The van der Waals surface area contributed by atoms with Crippen molar-refractivity contribution in [3.8, 4) is 0 Å². The molecule has 2 amide bonds. The minimum atomic E-state index is -1.15. The van der Waals surface area contributed by atoms with E-state index in [1.165, 1.54) is 16.7 Å². The van der Waals surface area contributed by atoms with Gasteiger partial charge in [0.2, 0.25) is 11.8 Å². The van der Waals surface area contributed by atoms with Crippen LogP contribution in [0.5, 0.6) is 0 Å². The normalized spacial score (nSPS) is 10.5. The third kappa shape index (κ3) is 5.67. The van der Waals surface area contributed by atoms with Crippen molar-refractivity contribution in [3.05, 3.63) is 16.3 Å². The van der Waals surface area contributed by atoms with Crippen LogP contribution >= 0.6 is 67.8 Å². The Hall–Kier alpha value is -0.710. The summed E-state index contributed by atoms with van der Waals surface area (Å²) in [7, 11) is 1.55. The second-order valence-electron chi connectivity index (χ2n) is 5.78. The second-order valence-corrected chi connectivity index (χ2v) is 9.02. The summed E-state index contributed by atoms with van der Waals surface area (Å²) in [6, 6.07) is 0. The average Bonchev–Trinajstić information content (AvgIpc) is 2.57. The van der Waals surface area contributed by atoms with Crippen LogP contribution in [-0.4, -0.2) is 47.6 Å². The number of benzene rings is 1. The maximum absolute atomic E-state index is 12.7. The number of amides is 2. The second kappa shape index (κ2) is 10.9. The molecule has 0 aliphatic rings. The molecule has 0 saturated heterocycles. The van der Waals surface area contributed by atoms with E-state index in [0.717, 1.165) is 0 Å². The number of aromatic carboxylic acids is 1. The number of rotatable bonds is 8. The topological polar surface area (TPSA) is 115 Å². The molecule has 154 valence electrons. The van der Waals surface area contributed by atoms with Crippen molar-refractivity contribution in [2.24, 2.45) is 0 Å². The fourth-order valence-corrected chi connectivity index (χ4v) is 7.43. The largest absolute Gasteiger partial charge is 0.481 e. The zero-order valence-electron chi connectivity index (χ0n) is 15.4. The molecular formula is C17H19I3N2O6. The van der Waals surface area contributed by atoms with Crippen LogP contribution in [0.2, 0.25) is 0 Å². The van der Waals surface area contributed by atoms with Gasteiger partial charge in [0.25, 0.3) is 0 Å². The molecule has 0 spiro atoms. The van der Waals surface area contributed by atoms with E-state index in [1.807, 2.05) is 67.8 Å². The lowest BCUT2D eigenvalue weighted by Gasteiger charge is -2.29. The Morgan fingerprint density at radius 2 is 1.46 bits per heavy atom. The zero-order chi connectivity index (χ0) is 21.8. The average molecular weight is 728 g/mol. The molecule has 0 radical (unpaired) electrons. The SMILES string of the molecule is CCN(C(=O)CCCC(=O)O)c1c(I)c(C(=O)O)c(I)c(N(C)C(C)=O)c1I. The zero-order valence-corrected chi connectivity index (χ0v) is 21.9. The summed E-state index contributed by atoms with van der Waals surface area (Å²) >= 11 is 5.82. The van der Waals surface area contributed by atoms with E-state index in [4.69, 9.17) is 5.11 Å². The molecule has 0 fully saturated rings. The molecule has 0 aliphatic carbocycles. The fourth-order valence-electron chi connectivity index (χ4n) is 2.50. The van der Waals surface area contributed by atoms with Gasteiger partial charge in [-0.2, -0.15) is 0 Å². The van der Waals surface area contributed by atoms with Crippen LogP contribution in [0.25, 0.3) is 0 Å². The Balaban J connectivity index is 3.62. The van der Waals surface area contributed by atoms with E-state index in [0.29, 0.717) is 22.1 Å². The number of anilines is 2. The van der Waals surface area contributed by atoms with E-state index in [-0.39, 0.29) is 43.2 Å². The molecular weight excluding hydrogens is 709 g/mol. The summed E-state index contributed by atoms with van der Waals surface area (Å²) in [5.74, 6) is -2.70. The summed E-state index contributed by atoms with van der Waals surface area (Å²) in [6.45, 7) is 3.41. The third-order valence-corrected chi connectivity index (χ3v) is 7.08. The number of hydrogen-bond donors (Lipinski definition) is 2.